The summed E-state index contributed by atoms with van der Waals surface area (Å²) in [6.07, 6.45) is 0. The molecule has 0 spiro atoms. The van der Waals surface area contributed by atoms with Crippen LogP contribution in [0.4, 0.5) is 0 Å². The summed E-state index contributed by atoms with van der Waals surface area (Å²) >= 11 is 0. The minimum atomic E-state index is -0.382. The van der Waals surface area contributed by atoms with E-state index in [0.29, 0.717) is 51.8 Å². The van der Waals surface area contributed by atoms with Crippen LogP contribution in [-0.2, 0) is 30.3 Å². The van der Waals surface area contributed by atoms with Crippen molar-refractivity contribution in [3.05, 3.63) is 71.3 Å². The zero-order valence-electron chi connectivity index (χ0n) is 18.2. The fourth-order valence-electron chi connectivity index (χ4n) is 2.52. The summed E-state index contributed by atoms with van der Waals surface area (Å²) < 4.78 is 26.5. The molecule has 0 fully saturated rings. The first-order valence-electron chi connectivity index (χ1n) is 10.5. The standard InChI is InChI=1S/C25H30O7/c26-11-13-29-15-17-31-19-18-30-16-14-28-12-5-9-22-8-4-10-24(20-22)25(27)32-21-23-6-2-1-3-7-23/h1-4,6-8,10,20,26H,11-19,21H2. The van der Waals surface area contributed by atoms with Gasteiger partial charge in [0.1, 0.15) is 13.2 Å². The molecule has 2 rings (SSSR count). The summed E-state index contributed by atoms with van der Waals surface area (Å²) in [5.74, 6) is 5.53. The number of hydrogen-bond acceptors (Lipinski definition) is 7. The Balaban J connectivity index is 1.55. The van der Waals surface area contributed by atoms with Gasteiger partial charge in [-0.3, -0.25) is 0 Å². The van der Waals surface area contributed by atoms with Gasteiger partial charge >= 0.3 is 5.97 Å². The van der Waals surface area contributed by atoms with Gasteiger partial charge in [-0.25, -0.2) is 4.79 Å². The van der Waals surface area contributed by atoms with E-state index >= 15 is 0 Å². The lowest BCUT2D eigenvalue weighted by molar-refractivity contribution is -0.00291. The third kappa shape index (κ3) is 11.6. The smallest absolute Gasteiger partial charge is 0.338 e. The number of carbonyl (C=O) groups excluding carboxylic acids is 1. The molecule has 0 saturated carbocycles. The van der Waals surface area contributed by atoms with E-state index in [-0.39, 0.29) is 25.8 Å². The number of aliphatic hydroxyl groups is 1. The van der Waals surface area contributed by atoms with Gasteiger partial charge in [-0.15, -0.1) is 0 Å². The van der Waals surface area contributed by atoms with Gasteiger partial charge in [-0.1, -0.05) is 48.2 Å². The maximum Gasteiger partial charge on any atom is 0.338 e. The Bertz CT molecular complexity index is 827. The average molecular weight is 443 g/mol. The highest BCUT2D eigenvalue weighted by atomic mass is 16.6. The molecular formula is C25H30O7. The molecule has 0 atom stereocenters. The minimum Gasteiger partial charge on any atom is -0.457 e. The summed E-state index contributed by atoms with van der Waals surface area (Å²) in [5, 5.41) is 8.56. The normalized spacial score (nSPS) is 10.4. The molecule has 2 aromatic rings. The molecule has 0 unspecified atom stereocenters. The first kappa shape index (κ1) is 25.5. The van der Waals surface area contributed by atoms with Crippen LogP contribution >= 0.6 is 0 Å². The maximum absolute atomic E-state index is 12.2. The van der Waals surface area contributed by atoms with Crippen LogP contribution < -0.4 is 0 Å². The highest BCUT2D eigenvalue weighted by Gasteiger charge is 2.07. The first-order chi connectivity index (χ1) is 15.8. The van der Waals surface area contributed by atoms with Gasteiger partial charge in [0.05, 0.1) is 58.4 Å². The van der Waals surface area contributed by atoms with Crippen molar-refractivity contribution in [1.29, 1.82) is 0 Å². The molecule has 7 nitrogen and oxygen atoms in total. The molecule has 0 aromatic heterocycles. The predicted octanol–water partition coefficient (Wildman–Crippen LogP) is 2.45. The van der Waals surface area contributed by atoms with Crippen LogP contribution in [-0.4, -0.2) is 70.5 Å². The van der Waals surface area contributed by atoms with E-state index < -0.39 is 0 Å². The highest BCUT2D eigenvalue weighted by molar-refractivity contribution is 5.89. The number of rotatable bonds is 15. The van der Waals surface area contributed by atoms with Crippen molar-refractivity contribution in [1.82, 2.24) is 0 Å². The second-order valence-electron chi connectivity index (χ2n) is 6.56. The lowest BCUT2D eigenvalue weighted by Crippen LogP contribution is -2.12. The van der Waals surface area contributed by atoms with Crippen molar-refractivity contribution in [3.63, 3.8) is 0 Å². The molecule has 7 heteroatoms. The summed E-state index contributed by atoms with van der Waals surface area (Å²) in [6.45, 7) is 3.61. The molecule has 0 heterocycles. The van der Waals surface area contributed by atoms with E-state index in [1.54, 1.807) is 18.2 Å². The largest absolute Gasteiger partial charge is 0.457 e. The summed E-state index contributed by atoms with van der Waals surface area (Å²) in [4.78, 5) is 12.2. The van der Waals surface area contributed by atoms with Crippen molar-refractivity contribution >= 4 is 5.97 Å². The molecule has 0 aliphatic carbocycles. The summed E-state index contributed by atoms with van der Waals surface area (Å²) in [7, 11) is 0. The number of esters is 1. The summed E-state index contributed by atoms with van der Waals surface area (Å²) in [6, 6.07) is 16.6. The van der Waals surface area contributed by atoms with Crippen LogP contribution in [0.5, 0.6) is 0 Å². The lowest BCUT2D eigenvalue weighted by Gasteiger charge is -2.06. The molecule has 0 aliphatic heterocycles. The number of carbonyl (C=O) groups is 1. The van der Waals surface area contributed by atoms with E-state index in [9.17, 15) is 4.79 Å². The van der Waals surface area contributed by atoms with Crippen molar-refractivity contribution in [2.24, 2.45) is 0 Å². The van der Waals surface area contributed by atoms with E-state index in [2.05, 4.69) is 11.8 Å². The Morgan fingerprint density at radius 2 is 1.44 bits per heavy atom. The van der Waals surface area contributed by atoms with Crippen LogP contribution in [0.15, 0.2) is 54.6 Å². The van der Waals surface area contributed by atoms with Crippen molar-refractivity contribution < 1.29 is 33.6 Å². The molecule has 32 heavy (non-hydrogen) atoms. The van der Waals surface area contributed by atoms with E-state index in [1.807, 2.05) is 36.4 Å². The van der Waals surface area contributed by atoms with Gasteiger partial charge in [0.25, 0.3) is 0 Å². The van der Waals surface area contributed by atoms with Crippen LogP contribution in [0.25, 0.3) is 0 Å². The fourth-order valence-corrected chi connectivity index (χ4v) is 2.52. The Morgan fingerprint density at radius 3 is 2.12 bits per heavy atom. The van der Waals surface area contributed by atoms with Crippen LogP contribution in [0, 0.1) is 11.8 Å². The molecule has 1 N–H and O–H groups in total. The van der Waals surface area contributed by atoms with E-state index in [4.69, 9.17) is 28.8 Å². The molecule has 2 aromatic carbocycles. The van der Waals surface area contributed by atoms with Gasteiger partial charge in [-0.05, 0) is 23.8 Å². The molecule has 172 valence electrons. The van der Waals surface area contributed by atoms with Crippen LogP contribution in [0.3, 0.4) is 0 Å². The SMILES string of the molecule is O=C(OCc1ccccc1)c1cccc(C#CCOCCOCCOCCOCCO)c1. The molecule has 0 bridgehead atoms. The van der Waals surface area contributed by atoms with Gasteiger partial charge in [0.2, 0.25) is 0 Å². The lowest BCUT2D eigenvalue weighted by atomic mass is 10.1. The third-order valence-corrected chi connectivity index (χ3v) is 4.07. The highest BCUT2D eigenvalue weighted by Crippen LogP contribution is 2.08. The Labute approximate surface area is 189 Å². The number of hydrogen-bond donors (Lipinski definition) is 1. The zero-order chi connectivity index (χ0) is 22.7. The third-order valence-electron chi connectivity index (χ3n) is 4.07. The molecule has 0 saturated heterocycles. The van der Waals surface area contributed by atoms with E-state index in [1.165, 1.54) is 0 Å². The van der Waals surface area contributed by atoms with Crippen molar-refractivity contribution in [2.45, 2.75) is 6.61 Å². The monoisotopic (exact) mass is 442 g/mol. The van der Waals surface area contributed by atoms with Crippen molar-refractivity contribution in [2.75, 3.05) is 59.5 Å². The topological polar surface area (TPSA) is 83.5 Å². The van der Waals surface area contributed by atoms with Gasteiger partial charge < -0.3 is 28.8 Å². The van der Waals surface area contributed by atoms with Gasteiger partial charge in [0, 0.05) is 5.56 Å². The maximum atomic E-state index is 12.2. The van der Waals surface area contributed by atoms with E-state index in [0.717, 1.165) is 11.1 Å². The quantitative estimate of drug-likeness (QED) is 0.258. The molecule has 0 radical (unpaired) electrons. The number of ether oxygens (including phenoxy) is 5. The minimum absolute atomic E-state index is 0.0176. The Morgan fingerprint density at radius 1 is 0.781 bits per heavy atom. The van der Waals surface area contributed by atoms with Crippen LogP contribution in [0.1, 0.15) is 21.5 Å². The zero-order valence-corrected chi connectivity index (χ0v) is 18.2. The van der Waals surface area contributed by atoms with Crippen molar-refractivity contribution in [3.8, 4) is 11.8 Å². The Kier molecular flexibility index (Phi) is 13.5. The first-order valence-corrected chi connectivity index (χ1v) is 10.5. The summed E-state index contributed by atoms with van der Waals surface area (Å²) in [5.41, 5.74) is 2.12. The molecule has 0 aliphatic rings. The Hall–Kier alpha value is -2.73. The fraction of sp³-hybridized carbons (Fsp3) is 0.400. The number of aliphatic hydroxyl groups excluding tert-OH is 1. The second kappa shape index (κ2) is 16.9. The second-order valence-corrected chi connectivity index (χ2v) is 6.56. The van der Waals surface area contributed by atoms with Gasteiger partial charge in [0.15, 0.2) is 0 Å². The molecule has 0 amide bonds. The van der Waals surface area contributed by atoms with Gasteiger partial charge in [-0.2, -0.15) is 0 Å². The molecular weight excluding hydrogens is 412 g/mol. The van der Waals surface area contributed by atoms with Crippen LogP contribution in [0.2, 0.25) is 0 Å². The average Bonchev–Trinajstić information content (AvgIpc) is 2.83. The number of benzene rings is 2. The predicted molar refractivity (Wildman–Crippen MR) is 119 cm³/mol.